The van der Waals surface area contributed by atoms with E-state index in [2.05, 4.69) is 19.4 Å². The summed E-state index contributed by atoms with van der Waals surface area (Å²) in [6, 6.07) is 0.410. The summed E-state index contributed by atoms with van der Waals surface area (Å²) in [6.07, 6.45) is 13.0. The lowest BCUT2D eigenvalue weighted by molar-refractivity contribution is -0.132. The second kappa shape index (κ2) is 9.47. The van der Waals surface area contributed by atoms with Gasteiger partial charge in [0.25, 0.3) is 0 Å². The van der Waals surface area contributed by atoms with E-state index in [-0.39, 0.29) is 0 Å². The van der Waals surface area contributed by atoms with E-state index in [1.807, 2.05) is 30.5 Å². The molecule has 2 fully saturated rings. The predicted octanol–water partition coefficient (Wildman–Crippen LogP) is 2.48. The third kappa shape index (κ3) is 5.24. The fraction of sp³-hybridized carbons (Fsp3) is 0.778. The van der Waals surface area contributed by atoms with E-state index in [4.69, 9.17) is 0 Å². The van der Waals surface area contributed by atoms with E-state index in [0.717, 1.165) is 44.6 Å². The van der Waals surface area contributed by atoms with Crippen molar-refractivity contribution in [1.29, 1.82) is 0 Å². The maximum atomic E-state index is 12.6. The largest absolute Gasteiger partial charge is 0.339 e. The molecule has 3 heterocycles. The maximum absolute atomic E-state index is 12.6. The van der Waals surface area contributed by atoms with E-state index >= 15 is 0 Å². The number of rotatable bonds is 8. The molecule has 2 aliphatic heterocycles. The van der Waals surface area contributed by atoms with Gasteiger partial charge in [0.05, 0.1) is 12.1 Å². The van der Waals surface area contributed by atoms with Gasteiger partial charge in [-0.2, -0.15) is 11.8 Å². The number of amides is 1. The highest BCUT2D eigenvalue weighted by atomic mass is 32.2. The zero-order chi connectivity index (χ0) is 16.6. The number of imidazole rings is 1. The van der Waals surface area contributed by atoms with Crippen LogP contribution in [0.15, 0.2) is 18.7 Å². The van der Waals surface area contributed by atoms with Crippen LogP contribution in [-0.2, 0) is 11.3 Å². The Balaban J connectivity index is 1.39. The number of aromatic nitrogens is 2. The van der Waals surface area contributed by atoms with Gasteiger partial charge in [-0.25, -0.2) is 4.98 Å². The normalized spacial score (nSPS) is 22.2. The van der Waals surface area contributed by atoms with Crippen molar-refractivity contribution in [1.82, 2.24) is 19.4 Å². The van der Waals surface area contributed by atoms with Crippen LogP contribution < -0.4 is 0 Å². The third-order valence-corrected chi connectivity index (χ3v) is 6.13. The summed E-state index contributed by atoms with van der Waals surface area (Å²) < 4.78 is 2.11. The van der Waals surface area contributed by atoms with Crippen molar-refractivity contribution in [2.75, 3.05) is 37.7 Å². The van der Waals surface area contributed by atoms with Gasteiger partial charge >= 0.3 is 0 Å². The summed E-state index contributed by atoms with van der Waals surface area (Å²) >= 11 is 1.81. The summed E-state index contributed by atoms with van der Waals surface area (Å²) in [5, 5.41) is 0. The van der Waals surface area contributed by atoms with Crippen molar-refractivity contribution in [2.24, 2.45) is 0 Å². The lowest BCUT2D eigenvalue weighted by Gasteiger charge is -2.36. The summed E-state index contributed by atoms with van der Waals surface area (Å²) in [7, 11) is 0. The standard InChI is InChI=1S/C18H30N4OS/c23-18(15-24-14-13-20-8-3-4-9-20)22-10-2-1-5-17(22)6-11-21-12-7-19-16-21/h7,12,16-17H,1-6,8-11,13-15H2/t17-/m1/s1. The molecule has 0 N–H and O–H groups in total. The highest BCUT2D eigenvalue weighted by Gasteiger charge is 2.26. The fourth-order valence-corrected chi connectivity index (χ4v) is 4.66. The number of likely N-dealkylation sites (tertiary alicyclic amines) is 2. The molecule has 24 heavy (non-hydrogen) atoms. The molecule has 2 aliphatic rings. The highest BCUT2D eigenvalue weighted by Crippen LogP contribution is 2.21. The van der Waals surface area contributed by atoms with E-state index in [0.29, 0.717) is 17.7 Å². The Bertz CT molecular complexity index is 487. The van der Waals surface area contributed by atoms with Crippen molar-refractivity contribution in [3.05, 3.63) is 18.7 Å². The average Bonchev–Trinajstić information content (AvgIpc) is 3.30. The summed E-state index contributed by atoms with van der Waals surface area (Å²) in [4.78, 5) is 21.4. The highest BCUT2D eigenvalue weighted by molar-refractivity contribution is 7.99. The Kier molecular flexibility index (Phi) is 7.02. The average molecular weight is 351 g/mol. The number of aryl methyl sites for hydroxylation is 1. The molecule has 1 aromatic heterocycles. The van der Waals surface area contributed by atoms with Crippen LogP contribution in [0, 0.1) is 0 Å². The predicted molar refractivity (Wildman–Crippen MR) is 99.2 cm³/mol. The SMILES string of the molecule is O=C(CSCCN1CCCC1)N1CCCC[C@@H]1CCn1ccnc1. The number of piperidine rings is 1. The van der Waals surface area contributed by atoms with Crippen LogP contribution in [-0.4, -0.2) is 69.0 Å². The van der Waals surface area contributed by atoms with Gasteiger partial charge in [-0.15, -0.1) is 0 Å². The van der Waals surface area contributed by atoms with Gasteiger partial charge in [0.15, 0.2) is 0 Å². The molecule has 1 aromatic rings. The Morgan fingerprint density at radius 1 is 1.12 bits per heavy atom. The van der Waals surface area contributed by atoms with Gasteiger partial charge in [-0.3, -0.25) is 4.79 Å². The number of hydrogen-bond donors (Lipinski definition) is 0. The minimum atomic E-state index is 0.344. The topological polar surface area (TPSA) is 41.4 Å². The van der Waals surface area contributed by atoms with Crippen molar-refractivity contribution in [3.63, 3.8) is 0 Å². The Morgan fingerprint density at radius 3 is 2.75 bits per heavy atom. The van der Waals surface area contributed by atoms with Crippen LogP contribution in [0.4, 0.5) is 0 Å². The molecule has 2 saturated heterocycles. The lowest BCUT2D eigenvalue weighted by atomic mass is 9.99. The Labute approximate surface area is 149 Å². The summed E-state index contributed by atoms with van der Waals surface area (Å²) in [5.41, 5.74) is 0. The first kappa shape index (κ1) is 17.8. The van der Waals surface area contributed by atoms with Crippen molar-refractivity contribution < 1.29 is 4.79 Å². The first-order chi connectivity index (χ1) is 11.8. The zero-order valence-corrected chi connectivity index (χ0v) is 15.4. The number of thioether (sulfide) groups is 1. The number of nitrogens with zero attached hydrogens (tertiary/aromatic N) is 4. The molecule has 3 rings (SSSR count). The molecule has 1 atom stereocenters. The second-order valence-corrected chi connectivity index (χ2v) is 8.03. The summed E-state index contributed by atoms with van der Waals surface area (Å²) in [6.45, 7) is 5.53. The van der Waals surface area contributed by atoms with Crippen molar-refractivity contribution >= 4 is 17.7 Å². The van der Waals surface area contributed by atoms with E-state index in [1.165, 1.54) is 32.4 Å². The molecule has 0 radical (unpaired) electrons. The molecule has 1 amide bonds. The van der Waals surface area contributed by atoms with Crippen LogP contribution >= 0.6 is 11.8 Å². The van der Waals surface area contributed by atoms with Crippen LogP contribution in [0.3, 0.4) is 0 Å². The van der Waals surface area contributed by atoms with E-state index in [9.17, 15) is 4.79 Å². The third-order valence-electron chi connectivity index (χ3n) is 5.20. The molecule has 0 unspecified atom stereocenters. The molecule has 0 aliphatic carbocycles. The maximum Gasteiger partial charge on any atom is 0.232 e. The molecular weight excluding hydrogens is 320 g/mol. The Hall–Kier alpha value is -1.01. The quantitative estimate of drug-likeness (QED) is 0.676. The molecule has 0 bridgehead atoms. The van der Waals surface area contributed by atoms with Gasteiger partial charge in [0.2, 0.25) is 5.91 Å². The first-order valence-corrected chi connectivity index (χ1v) is 10.5. The Morgan fingerprint density at radius 2 is 1.96 bits per heavy atom. The molecule has 0 spiro atoms. The second-order valence-electron chi connectivity index (χ2n) is 6.93. The minimum Gasteiger partial charge on any atom is -0.339 e. The molecule has 6 heteroatoms. The van der Waals surface area contributed by atoms with Crippen LogP contribution in [0.1, 0.15) is 38.5 Å². The monoisotopic (exact) mass is 350 g/mol. The van der Waals surface area contributed by atoms with Gasteiger partial charge < -0.3 is 14.4 Å². The van der Waals surface area contributed by atoms with Crippen molar-refractivity contribution in [2.45, 2.75) is 51.1 Å². The van der Waals surface area contributed by atoms with Gasteiger partial charge in [0, 0.05) is 43.8 Å². The first-order valence-electron chi connectivity index (χ1n) is 9.38. The summed E-state index contributed by atoms with van der Waals surface area (Å²) in [5.74, 6) is 2.08. The number of hydrogen-bond acceptors (Lipinski definition) is 4. The van der Waals surface area contributed by atoms with E-state index in [1.54, 1.807) is 0 Å². The number of carbonyl (C=O) groups is 1. The lowest BCUT2D eigenvalue weighted by Crippen LogP contribution is -2.45. The zero-order valence-electron chi connectivity index (χ0n) is 14.6. The molecular formula is C18H30N4OS. The number of carbonyl (C=O) groups excluding carboxylic acids is 1. The minimum absolute atomic E-state index is 0.344. The van der Waals surface area contributed by atoms with Crippen LogP contribution in [0.5, 0.6) is 0 Å². The van der Waals surface area contributed by atoms with E-state index < -0.39 is 0 Å². The molecule has 0 aromatic carbocycles. The van der Waals surface area contributed by atoms with Gasteiger partial charge in [0.1, 0.15) is 0 Å². The van der Waals surface area contributed by atoms with Gasteiger partial charge in [-0.1, -0.05) is 0 Å². The van der Waals surface area contributed by atoms with Gasteiger partial charge in [-0.05, 0) is 51.6 Å². The fourth-order valence-electron chi connectivity index (χ4n) is 3.79. The molecule has 5 nitrogen and oxygen atoms in total. The smallest absolute Gasteiger partial charge is 0.232 e. The van der Waals surface area contributed by atoms with Crippen molar-refractivity contribution in [3.8, 4) is 0 Å². The van der Waals surface area contributed by atoms with Crippen LogP contribution in [0.25, 0.3) is 0 Å². The molecule has 0 saturated carbocycles. The van der Waals surface area contributed by atoms with Crippen LogP contribution in [0.2, 0.25) is 0 Å². The molecule has 134 valence electrons.